The van der Waals surface area contributed by atoms with Crippen LogP contribution in [0.15, 0.2) is 17.1 Å². The van der Waals surface area contributed by atoms with Crippen molar-refractivity contribution in [3.8, 4) is 17.2 Å². The fourth-order valence-electron chi connectivity index (χ4n) is 1.51. The van der Waals surface area contributed by atoms with E-state index in [1.807, 2.05) is 6.07 Å². The summed E-state index contributed by atoms with van der Waals surface area (Å²) in [6.07, 6.45) is 2.09. The number of aliphatic imine (C=N–C) groups is 1. The maximum Gasteiger partial charge on any atom is 0.234 e. The Morgan fingerprint density at radius 1 is 1.06 bits per heavy atom. The molecule has 0 unspecified atom stereocenters. The average molecular weight is 237 g/mol. The number of hydrogen-bond acceptors (Lipinski definition) is 5. The van der Waals surface area contributed by atoms with Crippen molar-refractivity contribution >= 4 is 6.08 Å². The van der Waals surface area contributed by atoms with Gasteiger partial charge in [-0.05, 0) is 18.1 Å². The standard InChI is InChI=1S/C12H15NO4/c1-15-10-7-12(17-3)11(16-2)6-9(10)4-5-13-8-14/h6-7H,4-5H2,1-3H3. The van der Waals surface area contributed by atoms with Crippen LogP contribution >= 0.6 is 0 Å². The van der Waals surface area contributed by atoms with Crippen LogP contribution in [0.25, 0.3) is 0 Å². The first-order valence-corrected chi connectivity index (χ1v) is 5.09. The number of carbonyl (C=O) groups excluding carboxylic acids is 1. The van der Waals surface area contributed by atoms with Gasteiger partial charge in [-0.15, -0.1) is 0 Å². The Morgan fingerprint density at radius 2 is 1.65 bits per heavy atom. The summed E-state index contributed by atoms with van der Waals surface area (Å²) in [5.41, 5.74) is 0.907. The zero-order chi connectivity index (χ0) is 12.7. The van der Waals surface area contributed by atoms with E-state index in [1.54, 1.807) is 27.4 Å². The minimum atomic E-state index is 0.370. The highest BCUT2D eigenvalue weighted by atomic mass is 16.5. The fraction of sp³-hybridized carbons (Fsp3) is 0.417. The summed E-state index contributed by atoms with van der Waals surface area (Å²) in [6, 6.07) is 3.57. The first-order valence-electron chi connectivity index (χ1n) is 5.09. The minimum Gasteiger partial charge on any atom is -0.496 e. The third-order valence-corrected chi connectivity index (χ3v) is 2.34. The molecule has 5 nitrogen and oxygen atoms in total. The lowest BCUT2D eigenvalue weighted by atomic mass is 10.1. The van der Waals surface area contributed by atoms with Gasteiger partial charge in [0, 0.05) is 6.07 Å². The van der Waals surface area contributed by atoms with Gasteiger partial charge in [0.15, 0.2) is 11.5 Å². The van der Waals surface area contributed by atoms with Crippen molar-refractivity contribution < 1.29 is 19.0 Å². The van der Waals surface area contributed by atoms with Crippen molar-refractivity contribution in [2.75, 3.05) is 27.9 Å². The van der Waals surface area contributed by atoms with E-state index in [2.05, 4.69) is 4.99 Å². The van der Waals surface area contributed by atoms with Gasteiger partial charge in [0.2, 0.25) is 6.08 Å². The molecule has 5 heteroatoms. The van der Waals surface area contributed by atoms with Gasteiger partial charge >= 0.3 is 0 Å². The van der Waals surface area contributed by atoms with Crippen LogP contribution in [0.4, 0.5) is 0 Å². The van der Waals surface area contributed by atoms with Crippen LogP contribution in [0.3, 0.4) is 0 Å². The summed E-state index contributed by atoms with van der Waals surface area (Å²) in [5.74, 6) is 1.91. The maximum absolute atomic E-state index is 10.0. The summed E-state index contributed by atoms with van der Waals surface area (Å²) in [6.45, 7) is 0.370. The molecule has 17 heavy (non-hydrogen) atoms. The van der Waals surface area contributed by atoms with Crippen LogP contribution in [0.1, 0.15) is 5.56 Å². The lowest BCUT2D eigenvalue weighted by molar-refractivity contribution is 0.347. The molecule has 0 saturated carbocycles. The Kier molecular flexibility index (Phi) is 5.04. The fourth-order valence-corrected chi connectivity index (χ4v) is 1.51. The van der Waals surface area contributed by atoms with E-state index < -0.39 is 0 Å². The molecule has 0 heterocycles. The van der Waals surface area contributed by atoms with Gasteiger partial charge in [0.25, 0.3) is 0 Å². The first kappa shape index (κ1) is 13.1. The van der Waals surface area contributed by atoms with Crippen LogP contribution in [-0.4, -0.2) is 34.0 Å². The summed E-state index contributed by atoms with van der Waals surface area (Å²) >= 11 is 0. The molecule has 0 radical (unpaired) electrons. The molecule has 0 fully saturated rings. The predicted molar refractivity (Wildman–Crippen MR) is 62.8 cm³/mol. The number of isocyanates is 1. The molecule has 0 spiro atoms. The largest absolute Gasteiger partial charge is 0.496 e. The molecule has 0 N–H and O–H groups in total. The molecule has 0 aromatic heterocycles. The second kappa shape index (κ2) is 6.55. The third-order valence-electron chi connectivity index (χ3n) is 2.34. The second-order valence-electron chi connectivity index (χ2n) is 3.24. The number of methoxy groups -OCH3 is 3. The van der Waals surface area contributed by atoms with E-state index >= 15 is 0 Å². The van der Waals surface area contributed by atoms with E-state index in [0.29, 0.717) is 30.2 Å². The van der Waals surface area contributed by atoms with Crippen molar-refractivity contribution in [3.63, 3.8) is 0 Å². The second-order valence-corrected chi connectivity index (χ2v) is 3.24. The van der Waals surface area contributed by atoms with E-state index in [4.69, 9.17) is 14.2 Å². The van der Waals surface area contributed by atoms with E-state index in [-0.39, 0.29) is 0 Å². The lowest BCUT2D eigenvalue weighted by Crippen LogP contribution is -1.98. The topological polar surface area (TPSA) is 57.1 Å². The molecular formula is C12H15NO4. The highest BCUT2D eigenvalue weighted by molar-refractivity contribution is 5.50. The van der Waals surface area contributed by atoms with Gasteiger partial charge in [0.1, 0.15) is 5.75 Å². The molecule has 0 aliphatic rings. The van der Waals surface area contributed by atoms with Crippen molar-refractivity contribution in [1.29, 1.82) is 0 Å². The predicted octanol–water partition coefficient (Wildman–Crippen LogP) is 1.59. The van der Waals surface area contributed by atoms with Gasteiger partial charge in [-0.3, -0.25) is 0 Å². The molecule has 0 atom stereocenters. The number of ether oxygens (including phenoxy) is 3. The molecule has 1 rings (SSSR count). The third kappa shape index (κ3) is 3.23. The number of nitrogens with zero attached hydrogens (tertiary/aromatic N) is 1. The normalized spacial score (nSPS) is 9.35. The highest BCUT2D eigenvalue weighted by Crippen LogP contribution is 2.34. The molecule has 1 aromatic rings. The number of hydrogen-bond donors (Lipinski definition) is 0. The van der Waals surface area contributed by atoms with Gasteiger partial charge in [-0.25, -0.2) is 9.79 Å². The molecule has 0 saturated heterocycles. The van der Waals surface area contributed by atoms with Gasteiger partial charge in [-0.1, -0.05) is 0 Å². The Morgan fingerprint density at radius 3 is 2.18 bits per heavy atom. The Hall–Kier alpha value is -2.00. The van der Waals surface area contributed by atoms with Crippen LogP contribution in [0.2, 0.25) is 0 Å². The van der Waals surface area contributed by atoms with Crippen LogP contribution < -0.4 is 14.2 Å². The lowest BCUT2D eigenvalue weighted by Gasteiger charge is -2.13. The highest BCUT2D eigenvalue weighted by Gasteiger charge is 2.11. The quantitative estimate of drug-likeness (QED) is 0.557. The molecule has 92 valence electrons. The van der Waals surface area contributed by atoms with Crippen LogP contribution in [-0.2, 0) is 11.2 Å². The smallest absolute Gasteiger partial charge is 0.234 e. The Bertz CT molecular complexity index is 425. The SMILES string of the molecule is COc1cc(OC)c(OC)cc1CCN=C=O. The van der Waals surface area contributed by atoms with Crippen LogP contribution in [0.5, 0.6) is 17.2 Å². The van der Waals surface area contributed by atoms with E-state index in [9.17, 15) is 4.79 Å². The van der Waals surface area contributed by atoms with Crippen LogP contribution in [0, 0.1) is 0 Å². The van der Waals surface area contributed by atoms with Gasteiger partial charge < -0.3 is 14.2 Å². The minimum absolute atomic E-state index is 0.370. The van der Waals surface area contributed by atoms with Crippen molar-refractivity contribution in [3.05, 3.63) is 17.7 Å². The van der Waals surface area contributed by atoms with Gasteiger partial charge in [-0.2, -0.15) is 0 Å². The van der Waals surface area contributed by atoms with E-state index in [0.717, 1.165) is 5.56 Å². The summed E-state index contributed by atoms with van der Waals surface area (Å²) in [7, 11) is 4.71. The molecule has 0 aliphatic carbocycles. The molecule has 0 bridgehead atoms. The molecule has 0 aliphatic heterocycles. The Labute approximate surface area is 100 Å². The molecule has 0 amide bonds. The average Bonchev–Trinajstić information content (AvgIpc) is 2.38. The monoisotopic (exact) mass is 237 g/mol. The van der Waals surface area contributed by atoms with Crippen molar-refractivity contribution in [2.45, 2.75) is 6.42 Å². The van der Waals surface area contributed by atoms with Crippen molar-refractivity contribution in [1.82, 2.24) is 0 Å². The van der Waals surface area contributed by atoms with Crippen molar-refractivity contribution in [2.24, 2.45) is 4.99 Å². The molecule has 1 aromatic carbocycles. The first-order chi connectivity index (χ1) is 8.26. The van der Waals surface area contributed by atoms with E-state index in [1.165, 1.54) is 6.08 Å². The maximum atomic E-state index is 10.0. The summed E-state index contributed by atoms with van der Waals surface area (Å²) < 4.78 is 15.6. The zero-order valence-corrected chi connectivity index (χ0v) is 10.1. The van der Waals surface area contributed by atoms with Gasteiger partial charge in [0.05, 0.1) is 27.9 Å². The Balaban J connectivity index is 3.05. The summed E-state index contributed by atoms with van der Waals surface area (Å²) in [4.78, 5) is 13.5. The number of benzene rings is 1. The summed E-state index contributed by atoms with van der Waals surface area (Å²) in [5, 5.41) is 0. The number of rotatable bonds is 6. The molecular weight excluding hydrogens is 222 g/mol. The zero-order valence-electron chi connectivity index (χ0n) is 10.1.